The Morgan fingerprint density at radius 3 is 2.31 bits per heavy atom. The zero-order chi connectivity index (χ0) is 20.0. The number of carbonyl (C=O) groups is 2. The SMILES string of the molecule is CCOC(=O)c1cc(C#N)c(S[C@@H](C)C(=O)N(C(C)C)C(C)C)nc1C. The molecule has 0 saturated heterocycles. The topological polar surface area (TPSA) is 83.3 Å². The molecule has 1 atom stereocenters. The van der Waals surface area contributed by atoms with Crippen LogP contribution in [0.4, 0.5) is 0 Å². The van der Waals surface area contributed by atoms with E-state index in [9.17, 15) is 14.9 Å². The third kappa shape index (κ3) is 5.21. The molecule has 142 valence electrons. The number of ether oxygens (including phenoxy) is 1. The second-order valence-electron chi connectivity index (χ2n) is 6.50. The van der Waals surface area contributed by atoms with Crippen LogP contribution in [0.15, 0.2) is 11.1 Å². The van der Waals surface area contributed by atoms with Crippen LogP contribution in [0.3, 0.4) is 0 Å². The van der Waals surface area contributed by atoms with Gasteiger partial charge in [0.1, 0.15) is 11.1 Å². The van der Waals surface area contributed by atoms with Gasteiger partial charge in [0.2, 0.25) is 5.91 Å². The summed E-state index contributed by atoms with van der Waals surface area (Å²) >= 11 is 1.24. The van der Waals surface area contributed by atoms with Crippen molar-refractivity contribution in [2.45, 2.75) is 70.8 Å². The van der Waals surface area contributed by atoms with Gasteiger partial charge in [-0.25, -0.2) is 9.78 Å². The summed E-state index contributed by atoms with van der Waals surface area (Å²) in [5, 5.41) is 9.49. The highest BCUT2D eigenvalue weighted by Gasteiger charge is 2.27. The van der Waals surface area contributed by atoms with E-state index in [0.29, 0.717) is 10.7 Å². The van der Waals surface area contributed by atoms with Gasteiger partial charge in [-0.05, 0) is 54.5 Å². The van der Waals surface area contributed by atoms with E-state index >= 15 is 0 Å². The van der Waals surface area contributed by atoms with E-state index in [1.165, 1.54) is 17.8 Å². The summed E-state index contributed by atoms with van der Waals surface area (Å²) in [4.78, 5) is 31.0. The Bertz CT molecular complexity index is 703. The monoisotopic (exact) mass is 377 g/mol. The smallest absolute Gasteiger partial charge is 0.340 e. The van der Waals surface area contributed by atoms with Gasteiger partial charge in [-0.15, -0.1) is 0 Å². The summed E-state index contributed by atoms with van der Waals surface area (Å²) in [5.74, 6) is -0.502. The normalized spacial score (nSPS) is 12.0. The molecule has 1 aromatic heterocycles. The van der Waals surface area contributed by atoms with Crippen LogP contribution < -0.4 is 0 Å². The highest BCUT2D eigenvalue weighted by Crippen LogP contribution is 2.28. The lowest BCUT2D eigenvalue weighted by Crippen LogP contribution is -2.45. The van der Waals surface area contributed by atoms with Crippen LogP contribution in [-0.2, 0) is 9.53 Å². The summed E-state index contributed by atoms with van der Waals surface area (Å²) < 4.78 is 5.00. The van der Waals surface area contributed by atoms with E-state index < -0.39 is 11.2 Å². The maximum Gasteiger partial charge on any atom is 0.340 e. The van der Waals surface area contributed by atoms with E-state index in [0.717, 1.165) is 0 Å². The quantitative estimate of drug-likeness (QED) is 0.534. The van der Waals surface area contributed by atoms with Crippen molar-refractivity contribution in [1.29, 1.82) is 5.26 Å². The van der Waals surface area contributed by atoms with E-state index in [1.54, 1.807) is 13.8 Å². The van der Waals surface area contributed by atoms with Gasteiger partial charge in [-0.3, -0.25) is 4.79 Å². The number of nitriles is 1. The fourth-order valence-corrected chi connectivity index (χ4v) is 3.68. The Labute approximate surface area is 159 Å². The third-order valence-electron chi connectivity index (χ3n) is 3.80. The summed E-state index contributed by atoms with van der Waals surface area (Å²) in [7, 11) is 0. The largest absolute Gasteiger partial charge is 0.462 e. The van der Waals surface area contributed by atoms with Crippen molar-refractivity contribution in [3.63, 3.8) is 0 Å². The standard InChI is InChI=1S/C19H27N3O3S/c1-8-25-19(24)16-9-15(10-20)17(21-13(16)6)26-14(7)18(23)22(11(2)3)12(4)5/h9,11-12,14H,8H2,1-7H3/t14-/m0/s1. The molecule has 0 spiro atoms. The fourth-order valence-electron chi connectivity index (χ4n) is 2.70. The van der Waals surface area contributed by atoms with Crippen molar-refractivity contribution >= 4 is 23.6 Å². The van der Waals surface area contributed by atoms with Gasteiger partial charge in [0.25, 0.3) is 0 Å². The molecule has 0 aliphatic rings. The zero-order valence-electron chi connectivity index (χ0n) is 16.5. The van der Waals surface area contributed by atoms with Gasteiger partial charge in [0.15, 0.2) is 0 Å². The van der Waals surface area contributed by atoms with Crippen LogP contribution >= 0.6 is 11.8 Å². The van der Waals surface area contributed by atoms with Gasteiger partial charge in [0.05, 0.1) is 28.7 Å². The number of rotatable bonds is 7. The molecule has 1 aromatic rings. The van der Waals surface area contributed by atoms with Crippen LogP contribution in [-0.4, -0.2) is 45.7 Å². The minimum Gasteiger partial charge on any atom is -0.462 e. The molecule has 0 radical (unpaired) electrons. The van der Waals surface area contributed by atoms with Crippen LogP contribution in [0.25, 0.3) is 0 Å². The van der Waals surface area contributed by atoms with Crippen molar-refractivity contribution in [3.05, 3.63) is 22.9 Å². The fraction of sp³-hybridized carbons (Fsp3) is 0.579. The lowest BCUT2D eigenvalue weighted by molar-refractivity contribution is -0.133. The van der Waals surface area contributed by atoms with Gasteiger partial charge < -0.3 is 9.64 Å². The lowest BCUT2D eigenvalue weighted by Gasteiger charge is -2.32. The lowest BCUT2D eigenvalue weighted by atomic mass is 10.1. The molecular weight excluding hydrogens is 350 g/mol. The number of nitrogens with zero attached hydrogens (tertiary/aromatic N) is 3. The van der Waals surface area contributed by atoms with E-state index in [2.05, 4.69) is 11.1 Å². The predicted molar refractivity (Wildman–Crippen MR) is 102 cm³/mol. The van der Waals surface area contributed by atoms with E-state index in [4.69, 9.17) is 4.74 Å². The minimum atomic E-state index is -0.500. The van der Waals surface area contributed by atoms with Crippen molar-refractivity contribution in [2.24, 2.45) is 0 Å². The van der Waals surface area contributed by atoms with Crippen molar-refractivity contribution in [1.82, 2.24) is 9.88 Å². The first-order valence-corrected chi connectivity index (χ1v) is 9.59. The molecule has 0 bridgehead atoms. The van der Waals surface area contributed by atoms with E-state index in [-0.39, 0.29) is 35.7 Å². The average molecular weight is 378 g/mol. The van der Waals surface area contributed by atoms with Crippen LogP contribution in [0.5, 0.6) is 0 Å². The molecule has 7 heteroatoms. The number of aryl methyl sites for hydroxylation is 1. The van der Waals surface area contributed by atoms with Crippen molar-refractivity contribution < 1.29 is 14.3 Å². The predicted octanol–water partition coefficient (Wildman–Crippen LogP) is 3.56. The van der Waals surface area contributed by atoms with Gasteiger partial charge in [0, 0.05) is 12.1 Å². The molecule has 1 heterocycles. The molecule has 0 N–H and O–H groups in total. The Kier molecular flexibility index (Phi) is 8.09. The number of esters is 1. The number of thioether (sulfide) groups is 1. The first-order valence-electron chi connectivity index (χ1n) is 8.71. The highest BCUT2D eigenvalue weighted by molar-refractivity contribution is 8.00. The molecule has 0 unspecified atom stereocenters. The van der Waals surface area contributed by atoms with Gasteiger partial charge in [-0.1, -0.05) is 11.8 Å². The summed E-state index contributed by atoms with van der Waals surface area (Å²) in [6.07, 6.45) is 0. The number of carbonyl (C=O) groups excluding carboxylic acids is 2. The molecule has 26 heavy (non-hydrogen) atoms. The summed E-state index contributed by atoms with van der Waals surface area (Å²) in [5.41, 5.74) is 1.02. The Morgan fingerprint density at radius 1 is 1.27 bits per heavy atom. The summed E-state index contributed by atoms with van der Waals surface area (Å²) in [6.45, 7) is 13.4. The molecule has 6 nitrogen and oxygen atoms in total. The van der Waals surface area contributed by atoms with E-state index in [1.807, 2.05) is 39.5 Å². The van der Waals surface area contributed by atoms with Gasteiger partial charge in [-0.2, -0.15) is 5.26 Å². The average Bonchev–Trinajstić information content (AvgIpc) is 2.54. The second-order valence-corrected chi connectivity index (χ2v) is 7.83. The Morgan fingerprint density at radius 2 is 1.85 bits per heavy atom. The molecule has 0 aliphatic heterocycles. The Hall–Kier alpha value is -2.07. The van der Waals surface area contributed by atoms with Crippen molar-refractivity contribution in [2.75, 3.05) is 6.61 Å². The Balaban J connectivity index is 3.13. The summed E-state index contributed by atoms with van der Waals surface area (Å²) in [6, 6.07) is 3.72. The first kappa shape index (κ1) is 22.0. The number of hydrogen-bond donors (Lipinski definition) is 0. The molecule has 0 aliphatic carbocycles. The minimum absolute atomic E-state index is 0.00203. The maximum atomic E-state index is 12.8. The van der Waals surface area contributed by atoms with Gasteiger partial charge >= 0.3 is 5.97 Å². The van der Waals surface area contributed by atoms with Crippen LogP contribution in [0.1, 0.15) is 63.2 Å². The number of pyridine rings is 1. The molecule has 1 amide bonds. The van der Waals surface area contributed by atoms with Crippen LogP contribution in [0.2, 0.25) is 0 Å². The molecular formula is C19H27N3O3S. The number of hydrogen-bond acceptors (Lipinski definition) is 6. The maximum absolute atomic E-state index is 12.8. The third-order valence-corrected chi connectivity index (χ3v) is 4.89. The second kappa shape index (κ2) is 9.58. The number of aromatic nitrogens is 1. The first-order chi connectivity index (χ1) is 12.1. The highest BCUT2D eigenvalue weighted by atomic mass is 32.2. The molecule has 0 saturated carbocycles. The number of amides is 1. The zero-order valence-corrected chi connectivity index (χ0v) is 17.3. The molecule has 0 fully saturated rings. The molecule has 0 aromatic carbocycles. The molecule has 1 rings (SSSR count). The van der Waals surface area contributed by atoms with Crippen LogP contribution in [0, 0.1) is 18.3 Å². The van der Waals surface area contributed by atoms with Crippen molar-refractivity contribution in [3.8, 4) is 6.07 Å².